The molecule has 1 aliphatic heterocycles. The molecule has 0 unspecified atom stereocenters. The smallest absolute Gasteiger partial charge is 0.358 e. The van der Waals surface area contributed by atoms with Crippen molar-refractivity contribution >= 4 is 11.5 Å². The molecule has 15 heavy (non-hydrogen) atoms. The molecular weight excluding hydrogens is 208 g/mol. The van der Waals surface area contributed by atoms with Gasteiger partial charge in [0.2, 0.25) is 0 Å². The van der Waals surface area contributed by atoms with Gasteiger partial charge in [-0.3, -0.25) is 0 Å². The summed E-state index contributed by atoms with van der Waals surface area (Å²) in [6.45, 7) is -0.709. The molecule has 0 aromatic carbocycles. The lowest BCUT2D eigenvalue weighted by Crippen LogP contribution is -2.56. The van der Waals surface area contributed by atoms with Crippen LogP contribution in [0.25, 0.3) is 0 Å². The summed E-state index contributed by atoms with van der Waals surface area (Å²) in [7, 11) is 0. The van der Waals surface area contributed by atoms with Gasteiger partial charge in [-0.15, -0.1) is 0 Å². The number of nitro groups is 1. The standard InChI is InChI=1S/C8H7F2N3O2/c9-8(10)4-12(5-8)6-1-2-7(11-3-6)13(14)15/h1-3H,4-5H2. The van der Waals surface area contributed by atoms with E-state index in [4.69, 9.17) is 0 Å². The van der Waals surface area contributed by atoms with Crippen LogP contribution in [0.15, 0.2) is 18.3 Å². The van der Waals surface area contributed by atoms with Crippen molar-refractivity contribution in [1.82, 2.24) is 4.98 Å². The zero-order valence-electron chi connectivity index (χ0n) is 7.56. The number of hydrogen-bond donors (Lipinski definition) is 0. The van der Waals surface area contributed by atoms with Gasteiger partial charge in [-0.25, -0.2) is 8.78 Å². The van der Waals surface area contributed by atoms with Gasteiger partial charge < -0.3 is 15.0 Å². The number of hydrogen-bond acceptors (Lipinski definition) is 4. The number of alkyl halides is 2. The van der Waals surface area contributed by atoms with Crippen LogP contribution in [0.2, 0.25) is 0 Å². The van der Waals surface area contributed by atoms with Crippen LogP contribution < -0.4 is 4.90 Å². The first-order valence-electron chi connectivity index (χ1n) is 4.21. The van der Waals surface area contributed by atoms with Crippen LogP contribution in [0.5, 0.6) is 0 Å². The van der Waals surface area contributed by atoms with Crippen molar-refractivity contribution in [2.24, 2.45) is 0 Å². The Hall–Kier alpha value is -1.79. The van der Waals surface area contributed by atoms with Gasteiger partial charge in [0.1, 0.15) is 0 Å². The van der Waals surface area contributed by atoms with E-state index in [1.54, 1.807) is 0 Å². The maximum absolute atomic E-state index is 12.5. The summed E-state index contributed by atoms with van der Waals surface area (Å²) in [5.41, 5.74) is 0.478. The number of nitrogens with zero attached hydrogens (tertiary/aromatic N) is 3. The molecule has 0 spiro atoms. The summed E-state index contributed by atoms with van der Waals surface area (Å²) in [5, 5.41) is 10.3. The summed E-state index contributed by atoms with van der Waals surface area (Å²) in [4.78, 5) is 14.6. The van der Waals surface area contributed by atoms with Crippen LogP contribution >= 0.6 is 0 Å². The Labute approximate surface area is 83.5 Å². The Balaban J connectivity index is 2.09. The van der Waals surface area contributed by atoms with Crippen molar-refractivity contribution in [3.05, 3.63) is 28.4 Å². The summed E-state index contributed by atoms with van der Waals surface area (Å²) in [5.74, 6) is -2.94. The minimum absolute atomic E-state index is 0.286. The SMILES string of the molecule is O=[N+]([O-])c1ccc(N2CC(F)(F)C2)cn1. The third-order valence-electron chi connectivity index (χ3n) is 2.13. The number of anilines is 1. The van der Waals surface area contributed by atoms with E-state index in [-0.39, 0.29) is 18.9 Å². The average molecular weight is 215 g/mol. The first kappa shape index (κ1) is 9.75. The predicted molar refractivity (Wildman–Crippen MR) is 48.1 cm³/mol. The highest BCUT2D eigenvalue weighted by molar-refractivity contribution is 5.49. The molecule has 2 rings (SSSR count). The van der Waals surface area contributed by atoms with E-state index >= 15 is 0 Å². The highest BCUT2D eigenvalue weighted by Gasteiger charge is 2.44. The number of pyridine rings is 1. The number of rotatable bonds is 2. The normalized spacial score (nSPS) is 18.4. The van der Waals surface area contributed by atoms with E-state index in [9.17, 15) is 18.9 Å². The summed E-state index contributed by atoms with van der Waals surface area (Å²) in [6, 6.07) is 2.62. The van der Waals surface area contributed by atoms with Crippen LogP contribution in [-0.2, 0) is 0 Å². The highest BCUT2D eigenvalue weighted by Crippen LogP contribution is 2.31. The largest absolute Gasteiger partial charge is 0.363 e. The van der Waals surface area contributed by atoms with Gasteiger partial charge in [-0.05, 0) is 16.0 Å². The molecule has 5 nitrogen and oxygen atoms in total. The Morgan fingerprint density at radius 2 is 2.13 bits per heavy atom. The van der Waals surface area contributed by atoms with Crippen molar-refractivity contribution in [2.45, 2.75) is 5.92 Å². The van der Waals surface area contributed by atoms with Gasteiger partial charge in [0.05, 0.1) is 18.8 Å². The molecule has 7 heteroatoms. The molecule has 1 saturated heterocycles. The Kier molecular flexibility index (Phi) is 2.02. The third-order valence-corrected chi connectivity index (χ3v) is 2.13. The lowest BCUT2D eigenvalue weighted by atomic mass is 10.1. The highest BCUT2D eigenvalue weighted by atomic mass is 19.3. The van der Waals surface area contributed by atoms with Gasteiger partial charge >= 0.3 is 5.82 Å². The molecular formula is C8H7F2N3O2. The zero-order chi connectivity index (χ0) is 11.1. The molecule has 1 aromatic heterocycles. The average Bonchev–Trinajstić information content (AvgIpc) is 2.14. The molecule has 0 saturated carbocycles. The molecule has 1 fully saturated rings. The summed E-state index contributed by atoms with van der Waals surface area (Å²) >= 11 is 0. The second-order valence-electron chi connectivity index (χ2n) is 3.34. The molecule has 0 radical (unpaired) electrons. The summed E-state index contributed by atoms with van der Waals surface area (Å²) < 4.78 is 25.0. The lowest BCUT2D eigenvalue weighted by molar-refractivity contribution is -0.389. The number of halogens is 2. The molecule has 0 bridgehead atoms. The maximum atomic E-state index is 12.5. The van der Waals surface area contributed by atoms with Crippen molar-refractivity contribution in [3.63, 3.8) is 0 Å². The monoisotopic (exact) mass is 215 g/mol. The topological polar surface area (TPSA) is 59.3 Å². The lowest BCUT2D eigenvalue weighted by Gasteiger charge is -2.39. The van der Waals surface area contributed by atoms with Gasteiger partial charge in [0, 0.05) is 6.07 Å². The van der Waals surface area contributed by atoms with E-state index < -0.39 is 10.8 Å². The summed E-state index contributed by atoms with van der Waals surface area (Å²) in [6.07, 6.45) is 1.23. The first-order valence-corrected chi connectivity index (χ1v) is 4.21. The van der Waals surface area contributed by atoms with E-state index in [2.05, 4.69) is 4.98 Å². The van der Waals surface area contributed by atoms with Crippen molar-refractivity contribution < 1.29 is 13.7 Å². The van der Waals surface area contributed by atoms with E-state index in [0.717, 1.165) is 0 Å². The van der Waals surface area contributed by atoms with E-state index in [0.29, 0.717) is 5.69 Å². The molecule has 0 aliphatic carbocycles. The van der Waals surface area contributed by atoms with Crippen LogP contribution in [0.3, 0.4) is 0 Å². The number of aromatic nitrogens is 1. The molecule has 0 atom stereocenters. The van der Waals surface area contributed by atoms with Gasteiger partial charge in [-0.2, -0.15) is 0 Å². The Morgan fingerprint density at radius 1 is 1.47 bits per heavy atom. The van der Waals surface area contributed by atoms with E-state index in [1.165, 1.54) is 23.2 Å². The fourth-order valence-electron chi connectivity index (χ4n) is 1.37. The maximum Gasteiger partial charge on any atom is 0.363 e. The van der Waals surface area contributed by atoms with Crippen LogP contribution in [0.4, 0.5) is 20.3 Å². The molecule has 2 heterocycles. The second-order valence-corrected chi connectivity index (χ2v) is 3.34. The van der Waals surface area contributed by atoms with Crippen LogP contribution in [0, 0.1) is 10.1 Å². The molecule has 1 aromatic rings. The quantitative estimate of drug-likeness (QED) is 0.553. The minimum Gasteiger partial charge on any atom is -0.358 e. The van der Waals surface area contributed by atoms with Gasteiger partial charge in [0.25, 0.3) is 5.92 Å². The van der Waals surface area contributed by atoms with E-state index in [1.807, 2.05) is 0 Å². The fourth-order valence-corrected chi connectivity index (χ4v) is 1.37. The van der Waals surface area contributed by atoms with Crippen molar-refractivity contribution in [2.75, 3.05) is 18.0 Å². The molecule has 1 aliphatic rings. The van der Waals surface area contributed by atoms with Gasteiger partial charge in [-0.1, -0.05) is 0 Å². The van der Waals surface area contributed by atoms with Crippen LogP contribution in [-0.4, -0.2) is 28.9 Å². The molecule has 80 valence electrons. The first-order chi connectivity index (χ1) is 6.98. The Morgan fingerprint density at radius 3 is 2.53 bits per heavy atom. The minimum atomic E-state index is -2.65. The predicted octanol–water partition coefficient (Wildman–Crippen LogP) is 1.45. The fraction of sp³-hybridized carbons (Fsp3) is 0.375. The van der Waals surface area contributed by atoms with Crippen molar-refractivity contribution in [1.29, 1.82) is 0 Å². The van der Waals surface area contributed by atoms with Gasteiger partial charge in [0.15, 0.2) is 6.20 Å². The van der Waals surface area contributed by atoms with Crippen LogP contribution in [0.1, 0.15) is 0 Å². The Bertz CT molecular complexity index is 385. The molecule has 0 amide bonds. The molecule has 0 N–H and O–H groups in total. The third kappa shape index (κ3) is 1.85. The van der Waals surface area contributed by atoms with Crippen molar-refractivity contribution in [3.8, 4) is 0 Å². The zero-order valence-corrected chi connectivity index (χ0v) is 7.56. The second kappa shape index (κ2) is 3.11.